The van der Waals surface area contributed by atoms with E-state index in [1.165, 1.54) is 6.26 Å². The van der Waals surface area contributed by atoms with Gasteiger partial charge in [-0.05, 0) is 31.6 Å². The third kappa shape index (κ3) is 3.18. The Kier molecular flexibility index (Phi) is 5.10. The van der Waals surface area contributed by atoms with E-state index in [1.807, 2.05) is 0 Å². The number of hydrogen-bond donors (Lipinski definition) is 3. The second kappa shape index (κ2) is 6.30. The zero-order valence-electron chi connectivity index (χ0n) is 12.3. The predicted octanol–water partition coefficient (Wildman–Crippen LogP) is 0.422. The molecular weight excluding hydrogens is 276 g/mol. The lowest BCUT2D eigenvalue weighted by Crippen LogP contribution is -2.63. The molecule has 2 fully saturated rings. The SMILES string of the molecule is CS(=O)(=O)C1CCCC1(CN)NC1CCCCC1CO. The highest BCUT2D eigenvalue weighted by molar-refractivity contribution is 7.91. The van der Waals surface area contributed by atoms with Gasteiger partial charge in [-0.1, -0.05) is 19.3 Å². The molecule has 20 heavy (non-hydrogen) atoms. The fraction of sp³-hybridized carbons (Fsp3) is 1.00. The second-order valence-corrected chi connectivity index (χ2v) is 8.78. The Morgan fingerprint density at radius 2 is 1.95 bits per heavy atom. The Morgan fingerprint density at radius 1 is 1.25 bits per heavy atom. The van der Waals surface area contributed by atoms with Crippen LogP contribution in [0.15, 0.2) is 0 Å². The van der Waals surface area contributed by atoms with E-state index in [0.717, 1.165) is 38.5 Å². The van der Waals surface area contributed by atoms with Crippen molar-refractivity contribution in [2.24, 2.45) is 11.7 Å². The molecule has 2 rings (SSSR count). The first kappa shape index (κ1) is 16.2. The Labute approximate surface area is 122 Å². The van der Waals surface area contributed by atoms with Gasteiger partial charge in [-0.2, -0.15) is 0 Å². The van der Waals surface area contributed by atoms with Gasteiger partial charge in [0.1, 0.15) is 0 Å². The normalized spacial score (nSPS) is 39.0. The maximum Gasteiger partial charge on any atom is 0.152 e. The zero-order chi connectivity index (χ0) is 14.8. The molecule has 2 saturated carbocycles. The summed E-state index contributed by atoms with van der Waals surface area (Å²) in [7, 11) is -3.10. The van der Waals surface area contributed by atoms with Crippen molar-refractivity contribution in [3.8, 4) is 0 Å². The minimum atomic E-state index is -3.10. The first-order valence-electron chi connectivity index (χ1n) is 7.70. The van der Waals surface area contributed by atoms with E-state index in [9.17, 15) is 13.5 Å². The Balaban J connectivity index is 2.18. The van der Waals surface area contributed by atoms with Crippen molar-refractivity contribution in [3.05, 3.63) is 0 Å². The molecule has 4 unspecified atom stereocenters. The fourth-order valence-corrected chi connectivity index (χ4v) is 5.80. The topological polar surface area (TPSA) is 92.4 Å². The number of aliphatic hydroxyl groups excluding tert-OH is 1. The molecule has 0 aliphatic heterocycles. The summed E-state index contributed by atoms with van der Waals surface area (Å²) >= 11 is 0. The number of hydrogen-bond acceptors (Lipinski definition) is 5. The summed E-state index contributed by atoms with van der Waals surface area (Å²) in [6.45, 7) is 0.515. The number of aliphatic hydroxyl groups is 1. The Hall–Kier alpha value is -0.170. The summed E-state index contributed by atoms with van der Waals surface area (Å²) < 4.78 is 24.1. The van der Waals surface area contributed by atoms with Gasteiger partial charge >= 0.3 is 0 Å². The van der Waals surface area contributed by atoms with Crippen LogP contribution in [0, 0.1) is 5.92 Å². The molecule has 4 atom stereocenters. The summed E-state index contributed by atoms with van der Waals surface area (Å²) in [5, 5.41) is 12.7. The maximum absolute atomic E-state index is 12.1. The molecule has 5 nitrogen and oxygen atoms in total. The summed E-state index contributed by atoms with van der Waals surface area (Å²) in [6, 6.07) is 0.194. The number of sulfone groups is 1. The van der Waals surface area contributed by atoms with E-state index in [2.05, 4.69) is 5.32 Å². The van der Waals surface area contributed by atoms with Gasteiger partial charge in [0.05, 0.1) is 5.25 Å². The molecular formula is C14H28N2O3S. The molecule has 0 aromatic heterocycles. The van der Waals surface area contributed by atoms with E-state index in [4.69, 9.17) is 5.73 Å². The molecule has 0 heterocycles. The average Bonchev–Trinajstić information content (AvgIpc) is 2.84. The van der Waals surface area contributed by atoms with Gasteiger partial charge in [0, 0.05) is 31.0 Å². The quantitative estimate of drug-likeness (QED) is 0.684. The van der Waals surface area contributed by atoms with Crippen molar-refractivity contribution in [1.82, 2.24) is 5.32 Å². The van der Waals surface area contributed by atoms with Crippen LogP contribution in [-0.2, 0) is 9.84 Å². The lowest BCUT2D eigenvalue weighted by molar-refractivity contribution is 0.129. The average molecular weight is 304 g/mol. The van der Waals surface area contributed by atoms with E-state index >= 15 is 0 Å². The van der Waals surface area contributed by atoms with Crippen molar-refractivity contribution in [3.63, 3.8) is 0 Å². The molecule has 0 radical (unpaired) electrons. The first-order chi connectivity index (χ1) is 9.43. The van der Waals surface area contributed by atoms with Crippen molar-refractivity contribution < 1.29 is 13.5 Å². The van der Waals surface area contributed by atoms with Gasteiger partial charge in [0.25, 0.3) is 0 Å². The minimum Gasteiger partial charge on any atom is -0.396 e. The van der Waals surface area contributed by atoms with Gasteiger partial charge in [-0.15, -0.1) is 0 Å². The van der Waals surface area contributed by atoms with Crippen molar-refractivity contribution >= 4 is 9.84 Å². The highest BCUT2D eigenvalue weighted by Gasteiger charge is 2.48. The summed E-state index contributed by atoms with van der Waals surface area (Å²) in [6.07, 6.45) is 8.03. The van der Waals surface area contributed by atoms with Crippen molar-refractivity contribution in [2.45, 2.75) is 61.8 Å². The van der Waals surface area contributed by atoms with Crippen LogP contribution in [0.3, 0.4) is 0 Å². The van der Waals surface area contributed by atoms with Crippen LogP contribution in [0.25, 0.3) is 0 Å². The van der Waals surface area contributed by atoms with Crippen LogP contribution in [0.5, 0.6) is 0 Å². The second-order valence-electron chi connectivity index (χ2n) is 6.55. The summed E-state index contributed by atoms with van der Waals surface area (Å²) in [4.78, 5) is 0. The van der Waals surface area contributed by atoms with Gasteiger partial charge < -0.3 is 16.2 Å². The summed E-state index contributed by atoms with van der Waals surface area (Å²) in [5.74, 6) is 0.230. The molecule has 0 saturated heterocycles. The van der Waals surface area contributed by atoms with E-state index < -0.39 is 15.4 Å². The standard InChI is InChI=1S/C14H28N2O3S/c1-20(18,19)13-7-4-8-14(13,10-15)16-12-6-3-2-5-11(12)9-17/h11-13,16-17H,2-10,15H2,1H3. The number of rotatable bonds is 5. The van der Waals surface area contributed by atoms with Gasteiger partial charge in [0.2, 0.25) is 0 Å². The summed E-state index contributed by atoms with van der Waals surface area (Å²) in [5.41, 5.74) is 5.47. The van der Waals surface area contributed by atoms with Crippen molar-refractivity contribution in [2.75, 3.05) is 19.4 Å². The predicted molar refractivity (Wildman–Crippen MR) is 80.2 cm³/mol. The number of nitrogens with two attached hydrogens (primary N) is 1. The monoisotopic (exact) mass is 304 g/mol. The van der Waals surface area contributed by atoms with Gasteiger partial charge in [-0.3, -0.25) is 0 Å². The highest BCUT2D eigenvalue weighted by Crippen LogP contribution is 2.36. The van der Waals surface area contributed by atoms with Crippen LogP contribution in [0.4, 0.5) is 0 Å². The maximum atomic E-state index is 12.1. The van der Waals surface area contributed by atoms with E-state index in [1.54, 1.807) is 0 Å². The fourth-order valence-electron chi connectivity index (χ4n) is 4.11. The van der Waals surface area contributed by atoms with Gasteiger partial charge in [-0.25, -0.2) is 8.42 Å². The van der Waals surface area contributed by atoms with E-state index in [-0.39, 0.29) is 23.8 Å². The molecule has 2 aliphatic carbocycles. The van der Waals surface area contributed by atoms with Crippen LogP contribution in [0.1, 0.15) is 44.9 Å². The first-order valence-corrected chi connectivity index (χ1v) is 9.66. The molecule has 118 valence electrons. The Morgan fingerprint density at radius 3 is 2.55 bits per heavy atom. The number of nitrogens with one attached hydrogen (secondary N) is 1. The molecule has 0 aromatic rings. The smallest absolute Gasteiger partial charge is 0.152 e. The third-order valence-corrected chi connectivity index (χ3v) is 6.92. The molecule has 6 heteroatoms. The Bertz CT molecular complexity index is 426. The minimum absolute atomic E-state index is 0.169. The van der Waals surface area contributed by atoms with Crippen LogP contribution >= 0.6 is 0 Å². The highest BCUT2D eigenvalue weighted by atomic mass is 32.2. The third-order valence-electron chi connectivity index (χ3n) is 5.20. The molecule has 4 N–H and O–H groups in total. The molecule has 0 spiro atoms. The zero-order valence-corrected chi connectivity index (χ0v) is 13.2. The molecule has 0 aromatic carbocycles. The van der Waals surface area contributed by atoms with Gasteiger partial charge in [0.15, 0.2) is 9.84 Å². The molecule has 0 amide bonds. The lowest BCUT2D eigenvalue weighted by atomic mass is 9.82. The van der Waals surface area contributed by atoms with Crippen LogP contribution in [0.2, 0.25) is 0 Å². The van der Waals surface area contributed by atoms with Crippen molar-refractivity contribution in [1.29, 1.82) is 0 Å². The van der Waals surface area contributed by atoms with Crippen LogP contribution in [-0.4, -0.2) is 49.8 Å². The van der Waals surface area contributed by atoms with E-state index in [0.29, 0.717) is 13.0 Å². The molecule has 2 aliphatic rings. The largest absolute Gasteiger partial charge is 0.396 e. The molecule has 0 bridgehead atoms. The lowest BCUT2D eigenvalue weighted by Gasteiger charge is -2.42. The van der Waals surface area contributed by atoms with Crippen LogP contribution < -0.4 is 11.1 Å².